The summed E-state index contributed by atoms with van der Waals surface area (Å²) >= 11 is 0. The summed E-state index contributed by atoms with van der Waals surface area (Å²) < 4.78 is 0. The van der Waals surface area contributed by atoms with E-state index in [1.54, 1.807) is 0 Å². The molecule has 0 aliphatic carbocycles. The SMILES string of the molecule is Cc1[nH]c2ccccc2c1C(C)(C)C(=O)Nc1ccc(N(C)C)cc1. The summed E-state index contributed by atoms with van der Waals surface area (Å²) in [5, 5.41) is 4.16. The van der Waals surface area contributed by atoms with Crippen LogP contribution in [0.4, 0.5) is 11.4 Å². The third-order valence-corrected chi connectivity index (χ3v) is 4.73. The van der Waals surface area contributed by atoms with Crippen LogP contribution in [0.25, 0.3) is 10.9 Å². The van der Waals surface area contributed by atoms with Gasteiger partial charge in [-0.3, -0.25) is 4.79 Å². The summed E-state index contributed by atoms with van der Waals surface area (Å²) in [5.41, 5.74) is 4.40. The number of aromatic amines is 1. The minimum Gasteiger partial charge on any atom is -0.378 e. The number of amides is 1. The molecule has 4 heteroatoms. The number of anilines is 2. The van der Waals surface area contributed by atoms with Crippen LogP contribution in [0.15, 0.2) is 48.5 Å². The number of hydrogen-bond acceptors (Lipinski definition) is 2. The Morgan fingerprint density at radius 3 is 2.32 bits per heavy atom. The number of rotatable bonds is 4. The highest BCUT2D eigenvalue weighted by atomic mass is 16.2. The highest BCUT2D eigenvalue weighted by Crippen LogP contribution is 2.34. The Hall–Kier alpha value is -2.75. The van der Waals surface area contributed by atoms with Gasteiger partial charge in [0.15, 0.2) is 0 Å². The normalized spacial score (nSPS) is 11.6. The van der Waals surface area contributed by atoms with E-state index in [-0.39, 0.29) is 5.91 Å². The van der Waals surface area contributed by atoms with Gasteiger partial charge in [-0.05, 0) is 56.7 Å². The predicted molar refractivity (Wildman–Crippen MR) is 105 cm³/mol. The van der Waals surface area contributed by atoms with E-state index in [2.05, 4.69) is 16.4 Å². The summed E-state index contributed by atoms with van der Waals surface area (Å²) in [6.07, 6.45) is 0. The largest absolute Gasteiger partial charge is 0.378 e. The van der Waals surface area contributed by atoms with Crippen molar-refractivity contribution in [2.24, 2.45) is 0 Å². The second-order valence-electron chi connectivity index (χ2n) is 7.19. The summed E-state index contributed by atoms with van der Waals surface area (Å²) in [6, 6.07) is 16.0. The molecule has 1 amide bonds. The average molecular weight is 335 g/mol. The highest BCUT2D eigenvalue weighted by molar-refractivity contribution is 6.02. The third-order valence-electron chi connectivity index (χ3n) is 4.73. The standard InChI is InChI=1S/C21H25N3O/c1-14-19(17-8-6-7-9-18(17)22-14)21(2,3)20(25)23-15-10-12-16(13-11-15)24(4)5/h6-13,22H,1-5H3,(H,23,25). The van der Waals surface area contributed by atoms with Gasteiger partial charge in [0.05, 0.1) is 5.41 Å². The van der Waals surface area contributed by atoms with Gasteiger partial charge in [0.2, 0.25) is 5.91 Å². The van der Waals surface area contributed by atoms with Gasteiger partial charge >= 0.3 is 0 Å². The molecule has 0 unspecified atom stereocenters. The van der Waals surface area contributed by atoms with Gasteiger partial charge in [0.25, 0.3) is 0 Å². The van der Waals surface area contributed by atoms with Gasteiger partial charge in [-0.2, -0.15) is 0 Å². The number of carbonyl (C=O) groups is 1. The van der Waals surface area contributed by atoms with Gasteiger partial charge in [0, 0.05) is 42.1 Å². The van der Waals surface area contributed by atoms with Gasteiger partial charge in [-0.15, -0.1) is 0 Å². The van der Waals surface area contributed by atoms with Crippen molar-refractivity contribution in [1.29, 1.82) is 0 Å². The minimum absolute atomic E-state index is 0.0158. The summed E-state index contributed by atoms with van der Waals surface area (Å²) in [6.45, 7) is 5.97. The molecule has 3 aromatic rings. The zero-order valence-corrected chi connectivity index (χ0v) is 15.5. The molecule has 0 aliphatic rings. The molecular formula is C21H25N3O. The summed E-state index contributed by atoms with van der Waals surface area (Å²) in [4.78, 5) is 18.4. The monoisotopic (exact) mass is 335 g/mol. The zero-order valence-electron chi connectivity index (χ0n) is 15.5. The number of carbonyl (C=O) groups excluding carboxylic acids is 1. The maximum atomic E-state index is 13.0. The smallest absolute Gasteiger partial charge is 0.234 e. The molecule has 0 atom stereocenters. The maximum Gasteiger partial charge on any atom is 0.234 e. The van der Waals surface area contributed by atoms with Crippen LogP contribution in [0.1, 0.15) is 25.1 Å². The van der Waals surface area contributed by atoms with Crippen LogP contribution < -0.4 is 10.2 Å². The number of para-hydroxylation sites is 1. The molecule has 3 rings (SSSR count). The first-order valence-corrected chi connectivity index (χ1v) is 8.47. The molecule has 4 nitrogen and oxygen atoms in total. The van der Waals surface area contributed by atoms with Crippen LogP contribution >= 0.6 is 0 Å². The molecular weight excluding hydrogens is 310 g/mol. The van der Waals surface area contributed by atoms with Crippen LogP contribution in [0, 0.1) is 6.92 Å². The molecule has 0 aliphatic heterocycles. The average Bonchev–Trinajstić information content (AvgIpc) is 2.91. The van der Waals surface area contributed by atoms with Crippen molar-refractivity contribution in [2.45, 2.75) is 26.2 Å². The number of aryl methyl sites for hydroxylation is 1. The van der Waals surface area contributed by atoms with E-state index in [9.17, 15) is 4.79 Å². The Morgan fingerprint density at radius 1 is 1.04 bits per heavy atom. The number of benzene rings is 2. The summed E-state index contributed by atoms with van der Waals surface area (Å²) in [7, 11) is 3.99. The van der Waals surface area contributed by atoms with Crippen molar-refractivity contribution in [3.05, 3.63) is 59.8 Å². The molecule has 25 heavy (non-hydrogen) atoms. The Bertz CT molecular complexity index is 905. The van der Waals surface area contributed by atoms with E-state index in [0.29, 0.717) is 0 Å². The molecule has 0 radical (unpaired) electrons. The van der Waals surface area contributed by atoms with Gasteiger partial charge in [0.1, 0.15) is 0 Å². The second kappa shape index (κ2) is 6.28. The molecule has 0 fully saturated rings. The van der Waals surface area contributed by atoms with Crippen LogP contribution in [0.3, 0.4) is 0 Å². The van der Waals surface area contributed by atoms with E-state index >= 15 is 0 Å². The lowest BCUT2D eigenvalue weighted by atomic mass is 9.81. The molecule has 1 aromatic heterocycles. The molecule has 0 saturated heterocycles. The van der Waals surface area contributed by atoms with Crippen molar-refractivity contribution >= 4 is 28.2 Å². The van der Waals surface area contributed by atoms with Gasteiger partial charge < -0.3 is 15.2 Å². The first-order chi connectivity index (χ1) is 11.8. The van der Waals surface area contributed by atoms with E-state index in [1.807, 2.05) is 82.2 Å². The quantitative estimate of drug-likeness (QED) is 0.739. The lowest BCUT2D eigenvalue weighted by Crippen LogP contribution is -2.35. The summed E-state index contributed by atoms with van der Waals surface area (Å²) in [5.74, 6) is -0.0158. The van der Waals surface area contributed by atoms with E-state index < -0.39 is 5.41 Å². The molecule has 2 aromatic carbocycles. The lowest BCUT2D eigenvalue weighted by Gasteiger charge is -2.25. The van der Waals surface area contributed by atoms with E-state index in [0.717, 1.165) is 33.5 Å². The van der Waals surface area contributed by atoms with Crippen LogP contribution in [-0.2, 0) is 10.2 Å². The second-order valence-corrected chi connectivity index (χ2v) is 7.19. The number of H-pyrrole nitrogens is 1. The Morgan fingerprint density at radius 2 is 1.68 bits per heavy atom. The first-order valence-electron chi connectivity index (χ1n) is 8.47. The first kappa shape index (κ1) is 17.1. The number of nitrogens with one attached hydrogen (secondary N) is 2. The number of aromatic nitrogens is 1. The van der Waals surface area contributed by atoms with Crippen molar-refractivity contribution < 1.29 is 4.79 Å². The topological polar surface area (TPSA) is 48.1 Å². The fourth-order valence-electron chi connectivity index (χ4n) is 3.33. The van der Waals surface area contributed by atoms with Crippen molar-refractivity contribution in [3.63, 3.8) is 0 Å². The van der Waals surface area contributed by atoms with Gasteiger partial charge in [-0.1, -0.05) is 18.2 Å². The Balaban J connectivity index is 1.90. The molecule has 1 heterocycles. The Kier molecular flexibility index (Phi) is 4.29. The van der Waals surface area contributed by atoms with Crippen LogP contribution in [0.5, 0.6) is 0 Å². The number of hydrogen-bond donors (Lipinski definition) is 2. The minimum atomic E-state index is -0.649. The molecule has 0 bridgehead atoms. The molecule has 130 valence electrons. The van der Waals surface area contributed by atoms with Crippen molar-refractivity contribution in [1.82, 2.24) is 4.98 Å². The van der Waals surface area contributed by atoms with Gasteiger partial charge in [-0.25, -0.2) is 0 Å². The highest BCUT2D eigenvalue weighted by Gasteiger charge is 2.34. The predicted octanol–water partition coefficient (Wildman–Crippen LogP) is 4.46. The molecule has 0 spiro atoms. The lowest BCUT2D eigenvalue weighted by molar-refractivity contribution is -0.120. The Labute approximate surface area is 148 Å². The number of fused-ring (bicyclic) bond motifs is 1. The zero-order chi connectivity index (χ0) is 18.2. The van der Waals surface area contributed by atoms with E-state index in [4.69, 9.17) is 0 Å². The fourth-order valence-corrected chi connectivity index (χ4v) is 3.33. The van der Waals surface area contributed by atoms with Crippen LogP contribution in [-0.4, -0.2) is 25.0 Å². The van der Waals surface area contributed by atoms with Crippen molar-refractivity contribution in [2.75, 3.05) is 24.3 Å². The number of nitrogens with zero attached hydrogens (tertiary/aromatic N) is 1. The molecule has 2 N–H and O–H groups in total. The third kappa shape index (κ3) is 3.12. The van der Waals surface area contributed by atoms with E-state index in [1.165, 1.54) is 0 Å². The van der Waals surface area contributed by atoms with Crippen molar-refractivity contribution in [3.8, 4) is 0 Å². The fraction of sp³-hybridized carbons (Fsp3) is 0.286. The maximum absolute atomic E-state index is 13.0. The van der Waals surface area contributed by atoms with Crippen LogP contribution in [0.2, 0.25) is 0 Å². The molecule has 0 saturated carbocycles.